The molecule has 1 nitrogen and oxygen atoms in total. The van der Waals surface area contributed by atoms with Gasteiger partial charge in [-0.2, -0.15) is 0 Å². The van der Waals surface area contributed by atoms with E-state index in [9.17, 15) is 0 Å². The summed E-state index contributed by atoms with van der Waals surface area (Å²) >= 11 is 2.36. The molecule has 1 atom stereocenters. The van der Waals surface area contributed by atoms with Gasteiger partial charge in [-0.3, -0.25) is 0 Å². The fraction of sp³-hybridized carbons (Fsp3) is 0.455. The molecular weight excluding hydrogens is 273 g/mol. The maximum Gasteiger partial charge on any atom is 0.0297 e. The topological polar surface area (TPSA) is 26.0 Å². The molecule has 1 aromatic carbocycles. The van der Waals surface area contributed by atoms with Gasteiger partial charge in [-0.25, -0.2) is 0 Å². The first-order chi connectivity index (χ1) is 6.16. The number of nitrogens with two attached hydrogens (primary N) is 1. The molecule has 0 amide bonds. The highest BCUT2D eigenvalue weighted by molar-refractivity contribution is 14.1. The lowest BCUT2D eigenvalue weighted by Crippen LogP contribution is -2.11. The van der Waals surface area contributed by atoms with E-state index >= 15 is 0 Å². The highest BCUT2D eigenvalue weighted by Gasteiger charge is 2.08. The van der Waals surface area contributed by atoms with Crippen molar-refractivity contribution in [2.45, 2.75) is 32.7 Å². The third-order valence-corrected chi connectivity index (χ3v) is 3.48. The van der Waals surface area contributed by atoms with Crippen LogP contribution >= 0.6 is 22.6 Å². The van der Waals surface area contributed by atoms with Crippen LogP contribution in [0.3, 0.4) is 0 Å². The standard InChI is InChI=1S/C11H16IN/c1-3-5-11(13)9-6-4-7-10(12)8(9)2/h4,6-7,11H,3,5,13H2,1-2H3/t11-/m1/s1. The molecule has 0 saturated heterocycles. The molecule has 0 spiro atoms. The van der Waals surface area contributed by atoms with Gasteiger partial charge in [0.2, 0.25) is 0 Å². The van der Waals surface area contributed by atoms with Crippen LogP contribution in [-0.2, 0) is 0 Å². The summed E-state index contributed by atoms with van der Waals surface area (Å²) in [6, 6.07) is 6.55. The minimum absolute atomic E-state index is 0.208. The van der Waals surface area contributed by atoms with Crippen molar-refractivity contribution >= 4 is 22.6 Å². The second-order valence-corrected chi connectivity index (χ2v) is 4.51. The van der Waals surface area contributed by atoms with Crippen molar-refractivity contribution in [1.29, 1.82) is 0 Å². The number of hydrogen-bond donors (Lipinski definition) is 1. The molecule has 13 heavy (non-hydrogen) atoms. The molecule has 1 rings (SSSR count). The van der Waals surface area contributed by atoms with Gasteiger partial charge in [0.1, 0.15) is 0 Å². The molecule has 0 unspecified atom stereocenters. The van der Waals surface area contributed by atoms with E-state index in [-0.39, 0.29) is 6.04 Å². The van der Waals surface area contributed by atoms with Crippen LogP contribution < -0.4 is 5.73 Å². The average Bonchev–Trinajstić information content (AvgIpc) is 2.10. The zero-order chi connectivity index (χ0) is 9.84. The summed E-state index contributed by atoms with van der Waals surface area (Å²) in [5.74, 6) is 0. The second kappa shape index (κ2) is 4.96. The van der Waals surface area contributed by atoms with Crippen molar-refractivity contribution in [2.75, 3.05) is 0 Å². The molecule has 72 valence electrons. The summed E-state index contributed by atoms with van der Waals surface area (Å²) in [4.78, 5) is 0. The Hall–Kier alpha value is -0.0900. The van der Waals surface area contributed by atoms with Gasteiger partial charge < -0.3 is 5.73 Å². The monoisotopic (exact) mass is 289 g/mol. The Morgan fingerprint density at radius 2 is 2.15 bits per heavy atom. The molecule has 0 bridgehead atoms. The van der Waals surface area contributed by atoms with Crippen molar-refractivity contribution < 1.29 is 0 Å². The van der Waals surface area contributed by atoms with Crippen LogP contribution in [0.25, 0.3) is 0 Å². The van der Waals surface area contributed by atoms with Crippen LogP contribution in [0.15, 0.2) is 18.2 Å². The zero-order valence-corrected chi connectivity index (χ0v) is 10.3. The Morgan fingerprint density at radius 3 is 2.77 bits per heavy atom. The molecule has 0 aliphatic heterocycles. The molecule has 2 heteroatoms. The highest BCUT2D eigenvalue weighted by Crippen LogP contribution is 2.23. The molecule has 2 N–H and O–H groups in total. The summed E-state index contributed by atoms with van der Waals surface area (Å²) in [7, 11) is 0. The molecule has 1 aromatic rings. The molecule has 0 aliphatic carbocycles. The second-order valence-electron chi connectivity index (χ2n) is 3.35. The molecular formula is C11H16IN. The Bertz CT molecular complexity index is 283. The Morgan fingerprint density at radius 1 is 1.46 bits per heavy atom. The minimum atomic E-state index is 0.208. The maximum absolute atomic E-state index is 6.07. The molecule has 0 radical (unpaired) electrons. The van der Waals surface area contributed by atoms with E-state index in [1.807, 2.05) is 0 Å². The van der Waals surface area contributed by atoms with Crippen LogP contribution in [0.2, 0.25) is 0 Å². The number of halogens is 1. The van der Waals surface area contributed by atoms with Gasteiger partial charge in [0.25, 0.3) is 0 Å². The van der Waals surface area contributed by atoms with Gasteiger partial charge >= 0.3 is 0 Å². The molecule has 0 saturated carbocycles. The van der Waals surface area contributed by atoms with E-state index in [2.05, 4.69) is 54.6 Å². The highest BCUT2D eigenvalue weighted by atomic mass is 127. The normalized spacial score (nSPS) is 12.9. The third-order valence-electron chi connectivity index (χ3n) is 2.31. The number of benzene rings is 1. The van der Waals surface area contributed by atoms with Crippen LogP contribution in [0.4, 0.5) is 0 Å². The van der Waals surface area contributed by atoms with Crippen molar-refractivity contribution in [1.82, 2.24) is 0 Å². The van der Waals surface area contributed by atoms with Crippen molar-refractivity contribution in [3.63, 3.8) is 0 Å². The van der Waals surface area contributed by atoms with E-state index in [0.717, 1.165) is 12.8 Å². The third kappa shape index (κ3) is 2.68. The van der Waals surface area contributed by atoms with E-state index in [0.29, 0.717) is 0 Å². The Labute approximate surface area is 93.9 Å². The largest absolute Gasteiger partial charge is 0.324 e. The summed E-state index contributed by atoms with van der Waals surface area (Å²) < 4.78 is 1.31. The molecule has 0 aliphatic rings. The average molecular weight is 289 g/mol. The van der Waals surface area contributed by atoms with Gasteiger partial charge in [-0.05, 0) is 53.1 Å². The van der Waals surface area contributed by atoms with Gasteiger partial charge in [-0.1, -0.05) is 25.5 Å². The van der Waals surface area contributed by atoms with Crippen molar-refractivity contribution in [3.05, 3.63) is 32.9 Å². The summed E-state index contributed by atoms with van der Waals surface area (Å²) in [5.41, 5.74) is 8.71. The van der Waals surface area contributed by atoms with Crippen LogP contribution in [0.1, 0.15) is 36.9 Å². The SMILES string of the molecule is CCC[C@@H](N)c1cccc(I)c1C. The predicted molar refractivity (Wildman–Crippen MR) is 65.7 cm³/mol. The first-order valence-corrected chi connectivity index (χ1v) is 5.75. The van der Waals surface area contributed by atoms with E-state index in [1.165, 1.54) is 14.7 Å². The molecule has 0 heterocycles. The van der Waals surface area contributed by atoms with Gasteiger partial charge in [-0.15, -0.1) is 0 Å². The van der Waals surface area contributed by atoms with Gasteiger partial charge in [0.15, 0.2) is 0 Å². The quantitative estimate of drug-likeness (QED) is 0.848. The first kappa shape index (κ1) is 11.0. The minimum Gasteiger partial charge on any atom is -0.324 e. The van der Waals surface area contributed by atoms with E-state index in [1.54, 1.807) is 0 Å². The van der Waals surface area contributed by atoms with Crippen molar-refractivity contribution in [3.8, 4) is 0 Å². The smallest absolute Gasteiger partial charge is 0.0297 e. The van der Waals surface area contributed by atoms with Gasteiger partial charge in [0, 0.05) is 9.61 Å². The number of hydrogen-bond acceptors (Lipinski definition) is 1. The lowest BCUT2D eigenvalue weighted by molar-refractivity contribution is 0.635. The lowest BCUT2D eigenvalue weighted by atomic mass is 9.99. The summed E-state index contributed by atoms with van der Waals surface area (Å²) in [6.07, 6.45) is 2.22. The lowest BCUT2D eigenvalue weighted by Gasteiger charge is -2.14. The van der Waals surface area contributed by atoms with Gasteiger partial charge in [0.05, 0.1) is 0 Å². The maximum atomic E-state index is 6.07. The Kier molecular flexibility index (Phi) is 4.19. The summed E-state index contributed by atoms with van der Waals surface area (Å²) in [5, 5.41) is 0. The number of rotatable bonds is 3. The van der Waals surface area contributed by atoms with Crippen LogP contribution in [0.5, 0.6) is 0 Å². The first-order valence-electron chi connectivity index (χ1n) is 4.67. The van der Waals surface area contributed by atoms with Crippen LogP contribution in [-0.4, -0.2) is 0 Å². The van der Waals surface area contributed by atoms with E-state index in [4.69, 9.17) is 5.73 Å². The van der Waals surface area contributed by atoms with Crippen LogP contribution in [0, 0.1) is 10.5 Å². The zero-order valence-electron chi connectivity index (χ0n) is 8.18. The summed E-state index contributed by atoms with van der Waals surface area (Å²) in [6.45, 7) is 4.32. The fourth-order valence-corrected chi connectivity index (χ4v) is 2.01. The fourth-order valence-electron chi connectivity index (χ4n) is 1.49. The molecule has 0 aromatic heterocycles. The van der Waals surface area contributed by atoms with Crippen molar-refractivity contribution in [2.24, 2.45) is 5.73 Å². The predicted octanol–water partition coefficient (Wildman–Crippen LogP) is 3.40. The molecule has 0 fully saturated rings. The Balaban J connectivity index is 2.93. The van der Waals surface area contributed by atoms with E-state index < -0.39 is 0 Å².